The van der Waals surface area contributed by atoms with Crippen LogP contribution in [0.4, 0.5) is 4.39 Å². The van der Waals surface area contributed by atoms with Crippen molar-refractivity contribution in [2.75, 3.05) is 0 Å². The molecule has 1 unspecified atom stereocenters. The van der Waals surface area contributed by atoms with Crippen molar-refractivity contribution in [2.45, 2.75) is 19.5 Å². The molecule has 0 rings (SSSR count). The summed E-state index contributed by atoms with van der Waals surface area (Å²) >= 11 is 0. The number of esters is 1. The molecule has 0 aliphatic carbocycles. The number of carbonyl (C=O) groups excluding carboxylic acids is 2. The minimum Gasteiger partial charge on any atom is -0.393 e. The Morgan fingerprint density at radius 1 is 1.80 bits per heavy atom. The second-order valence-electron chi connectivity index (χ2n) is 1.41. The van der Waals surface area contributed by atoms with E-state index in [-0.39, 0.29) is 19.0 Å². The Morgan fingerprint density at radius 3 is 2.60 bits per heavy atom. The first-order valence-electron chi connectivity index (χ1n) is 2.50. The van der Waals surface area contributed by atoms with Crippen LogP contribution in [0.1, 0.15) is 13.3 Å². The average molecular weight is 151 g/mol. The van der Waals surface area contributed by atoms with Crippen molar-refractivity contribution >= 4 is 12.4 Å². The van der Waals surface area contributed by atoms with Crippen molar-refractivity contribution in [1.82, 2.24) is 6.15 Å². The molecule has 0 aromatic rings. The SMILES string of the molecule is CCC(F)C(=O)OC=O.N. The van der Waals surface area contributed by atoms with E-state index in [1.165, 1.54) is 6.92 Å². The van der Waals surface area contributed by atoms with E-state index in [9.17, 15) is 14.0 Å². The van der Waals surface area contributed by atoms with Crippen LogP contribution in [0.2, 0.25) is 0 Å². The molecular formula is C5H10FNO3. The normalized spacial score (nSPS) is 11.0. The summed E-state index contributed by atoms with van der Waals surface area (Å²) in [7, 11) is 0. The Hall–Kier alpha value is -0.970. The number of hydrogen-bond donors (Lipinski definition) is 1. The zero-order valence-electron chi connectivity index (χ0n) is 5.67. The molecule has 0 saturated carbocycles. The minimum absolute atomic E-state index is 0. The zero-order chi connectivity index (χ0) is 7.28. The number of hydrogen-bond acceptors (Lipinski definition) is 4. The predicted molar refractivity (Wildman–Crippen MR) is 32.4 cm³/mol. The lowest BCUT2D eigenvalue weighted by Gasteiger charge is -1.97. The summed E-state index contributed by atoms with van der Waals surface area (Å²) in [5.41, 5.74) is 0. The highest BCUT2D eigenvalue weighted by Crippen LogP contribution is 1.97. The van der Waals surface area contributed by atoms with Gasteiger partial charge in [-0.1, -0.05) is 6.92 Å². The zero-order valence-corrected chi connectivity index (χ0v) is 5.67. The molecule has 0 radical (unpaired) electrons. The highest BCUT2D eigenvalue weighted by molar-refractivity contribution is 5.80. The maximum atomic E-state index is 12.1. The number of carbonyl (C=O) groups is 2. The van der Waals surface area contributed by atoms with Crippen LogP contribution < -0.4 is 6.15 Å². The van der Waals surface area contributed by atoms with Crippen LogP contribution in [0.3, 0.4) is 0 Å². The summed E-state index contributed by atoms with van der Waals surface area (Å²) in [4.78, 5) is 19.6. The first kappa shape index (κ1) is 11.8. The molecule has 4 nitrogen and oxygen atoms in total. The highest BCUT2D eigenvalue weighted by Gasteiger charge is 2.15. The van der Waals surface area contributed by atoms with Gasteiger partial charge in [-0.25, -0.2) is 9.18 Å². The standard InChI is InChI=1S/C5H7FO3.H3N/c1-2-4(6)5(8)9-3-7;/h3-4H,2H2,1H3;1H3. The molecule has 0 spiro atoms. The monoisotopic (exact) mass is 151 g/mol. The molecule has 1 atom stereocenters. The van der Waals surface area contributed by atoms with E-state index in [1.54, 1.807) is 0 Å². The number of rotatable bonds is 3. The van der Waals surface area contributed by atoms with Crippen LogP contribution in [0.5, 0.6) is 0 Å². The van der Waals surface area contributed by atoms with E-state index in [0.717, 1.165) is 0 Å². The maximum Gasteiger partial charge on any atom is 0.348 e. The van der Waals surface area contributed by atoms with E-state index in [1.807, 2.05) is 0 Å². The first-order chi connectivity index (χ1) is 4.22. The molecule has 3 N–H and O–H groups in total. The topological polar surface area (TPSA) is 78.4 Å². The van der Waals surface area contributed by atoms with Gasteiger partial charge in [0.15, 0.2) is 6.17 Å². The van der Waals surface area contributed by atoms with E-state index >= 15 is 0 Å². The van der Waals surface area contributed by atoms with E-state index < -0.39 is 12.1 Å². The summed E-state index contributed by atoms with van der Waals surface area (Å²) in [6, 6.07) is 0. The minimum atomic E-state index is -1.67. The van der Waals surface area contributed by atoms with Gasteiger partial charge in [-0.15, -0.1) is 0 Å². The van der Waals surface area contributed by atoms with E-state index in [4.69, 9.17) is 0 Å². The van der Waals surface area contributed by atoms with Crippen molar-refractivity contribution < 1.29 is 18.7 Å². The molecule has 60 valence electrons. The number of alkyl halides is 1. The van der Waals surface area contributed by atoms with Crippen molar-refractivity contribution in [1.29, 1.82) is 0 Å². The number of halogens is 1. The smallest absolute Gasteiger partial charge is 0.348 e. The first-order valence-corrected chi connectivity index (χ1v) is 2.50. The fraction of sp³-hybridized carbons (Fsp3) is 0.600. The summed E-state index contributed by atoms with van der Waals surface area (Å²) in [6.45, 7) is 1.40. The highest BCUT2D eigenvalue weighted by atomic mass is 19.1. The van der Waals surface area contributed by atoms with Crippen LogP contribution in [0.25, 0.3) is 0 Å². The predicted octanol–water partition coefficient (Wildman–Crippen LogP) is 0.596. The van der Waals surface area contributed by atoms with Crippen LogP contribution in [-0.4, -0.2) is 18.6 Å². The fourth-order valence-corrected chi connectivity index (χ4v) is 0.288. The van der Waals surface area contributed by atoms with Crippen LogP contribution >= 0.6 is 0 Å². The third-order valence-corrected chi connectivity index (χ3v) is 0.778. The summed E-state index contributed by atoms with van der Waals surface area (Å²) in [5.74, 6) is -1.12. The molecule has 0 aliphatic heterocycles. The lowest BCUT2D eigenvalue weighted by atomic mass is 10.3. The largest absolute Gasteiger partial charge is 0.393 e. The molecule has 0 aliphatic rings. The van der Waals surface area contributed by atoms with Crippen LogP contribution in [0.15, 0.2) is 0 Å². The maximum absolute atomic E-state index is 12.1. The van der Waals surface area contributed by atoms with Crippen LogP contribution in [0, 0.1) is 0 Å². The molecule has 5 heteroatoms. The summed E-state index contributed by atoms with van der Waals surface area (Å²) in [6.07, 6.45) is -1.64. The Morgan fingerprint density at radius 2 is 2.30 bits per heavy atom. The van der Waals surface area contributed by atoms with Crippen molar-refractivity contribution in [3.8, 4) is 0 Å². The van der Waals surface area contributed by atoms with Crippen molar-refractivity contribution in [2.24, 2.45) is 0 Å². The molecule has 0 aromatic carbocycles. The molecule has 0 bridgehead atoms. The number of ether oxygens (including phenoxy) is 1. The van der Waals surface area contributed by atoms with Gasteiger partial charge in [0.25, 0.3) is 0 Å². The Bertz CT molecular complexity index is 117. The van der Waals surface area contributed by atoms with Gasteiger partial charge < -0.3 is 10.9 Å². The fourth-order valence-electron chi connectivity index (χ4n) is 0.288. The van der Waals surface area contributed by atoms with Gasteiger partial charge in [-0.05, 0) is 6.42 Å². The molecule has 0 fully saturated rings. The third kappa shape index (κ3) is 3.96. The summed E-state index contributed by atoms with van der Waals surface area (Å²) in [5, 5.41) is 0. The molecule has 0 heterocycles. The molecule has 0 saturated heterocycles. The Kier molecular flexibility index (Phi) is 7.25. The third-order valence-electron chi connectivity index (χ3n) is 0.778. The van der Waals surface area contributed by atoms with Gasteiger partial charge in [0.1, 0.15) is 0 Å². The lowest BCUT2D eigenvalue weighted by molar-refractivity contribution is -0.155. The quantitative estimate of drug-likeness (QED) is 0.364. The van der Waals surface area contributed by atoms with Crippen molar-refractivity contribution in [3.05, 3.63) is 0 Å². The van der Waals surface area contributed by atoms with Gasteiger partial charge in [0.05, 0.1) is 0 Å². The average Bonchev–Trinajstić information content (AvgIpc) is 1.87. The molecular weight excluding hydrogens is 141 g/mol. The summed E-state index contributed by atoms with van der Waals surface area (Å²) < 4.78 is 15.8. The van der Waals surface area contributed by atoms with Gasteiger partial charge >= 0.3 is 12.4 Å². The second kappa shape index (κ2) is 6.15. The Balaban J connectivity index is 0. The van der Waals surface area contributed by atoms with Gasteiger partial charge in [0, 0.05) is 0 Å². The van der Waals surface area contributed by atoms with E-state index in [2.05, 4.69) is 4.74 Å². The second-order valence-corrected chi connectivity index (χ2v) is 1.41. The lowest BCUT2D eigenvalue weighted by Crippen LogP contribution is -2.16. The molecule has 0 aromatic heterocycles. The molecule has 0 amide bonds. The van der Waals surface area contributed by atoms with Gasteiger partial charge in [-0.2, -0.15) is 0 Å². The van der Waals surface area contributed by atoms with Gasteiger partial charge in [-0.3, -0.25) is 4.79 Å². The van der Waals surface area contributed by atoms with Gasteiger partial charge in [0.2, 0.25) is 0 Å². The van der Waals surface area contributed by atoms with E-state index in [0.29, 0.717) is 0 Å². The Labute approximate surface area is 57.9 Å². The molecule has 10 heavy (non-hydrogen) atoms. The van der Waals surface area contributed by atoms with Crippen molar-refractivity contribution in [3.63, 3.8) is 0 Å². The van der Waals surface area contributed by atoms with Crippen LogP contribution in [-0.2, 0) is 14.3 Å².